The number of ether oxygens (including phenoxy) is 1. The molecule has 2 heterocycles. The van der Waals surface area contributed by atoms with Crippen LogP contribution < -0.4 is 0 Å². The molecule has 19 heavy (non-hydrogen) atoms. The molecule has 0 N–H and O–H groups in total. The van der Waals surface area contributed by atoms with Gasteiger partial charge in [-0.1, -0.05) is 11.6 Å². The van der Waals surface area contributed by atoms with Gasteiger partial charge < -0.3 is 14.2 Å². The SMILES string of the molecule is CC(C)(C)OC(=O)N1CCn2cc(Cl)c(C#N)c2C1. The van der Waals surface area contributed by atoms with Gasteiger partial charge in [-0.15, -0.1) is 0 Å². The first-order valence-corrected chi connectivity index (χ1v) is 6.45. The van der Waals surface area contributed by atoms with Gasteiger partial charge >= 0.3 is 6.09 Å². The largest absolute Gasteiger partial charge is 0.444 e. The topological polar surface area (TPSA) is 58.3 Å². The van der Waals surface area contributed by atoms with Crippen molar-refractivity contribution in [3.8, 4) is 6.07 Å². The summed E-state index contributed by atoms with van der Waals surface area (Å²) in [4.78, 5) is 13.6. The Morgan fingerprint density at radius 1 is 1.47 bits per heavy atom. The molecule has 102 valence electrons. The zero-order chi connectivity index (χ0) is 14.2. The lowest BCUT2D eigenvalue weighted by molar-refractivity contribution is 0.0199. The molecule has 0 spiro atoms. The molecular weight excluding hydrogens is 266 g/mol. The van der Waals surface area contributed by atoms with Gasteiger partial charge in [-0.2, -0.15) is 5.26 Å². The Hall–Kier alpha value is -1.67. The molecule has 0 radical (unpaired) electrons. The Kier molecular flexibility index (Phi) is 3.46. The van der Waals surface area contributed by atoms with E-state index < -0.39 is 5.60 Å². The van der Waals surface area contributed by atoms with E-state index >= 15 is 0 Å². The Morgan fingerprint density at radius 3 is 2.74 bits per heavy atom. The van der Waals surface area contributed by atoms with Crippen molar-refractivity contribution < 1.29 is 9.53 Å². The molecule has 1 aliphatic heterocycles. The van der Waals surface area contributed by atoms with Crippen molar-refractivity contribution in [2.24, 2.45) is 0 Å². The van der Waals surface area contributed by atoms with Crippen LogP contribution in [0.5, 0.6) is 0 Å². The van der Waals surface area contributed by atoms with Gasteiger partial charge in [0.15, 0.2) is 0 Å². The summed E-state index contributed by atoms with van der Waals surface area (Å²) < 4.78 is 7.25. The molecule has 5 nitrogen and oxygen atoms in total. The molecule has 0 fully saturated rings. The van der Waals surface area contributed by atoms with Crippen LogP contribution in [0.2, 0.25) is 5.02 Å². The zero-order valence-electron chi connectivity index (χ0n) is 11.2. The van der Waals surface area contributed by atoms with Crippen LogP contribution in [0.4, 0.5) is 4.79 Å². The molecule has 2 rings (SSSR count). The average molecular weight is 282 g/mol. The highest BCUT2D eigenvalue weighted by atomic mass is 35.5. The van der Waals surface area contributed by atoms with E-state index in [4.69, 9.17) is 21.6 Å². The second-order valence-corrected chi connectivity index (χ2v) is 5.91. The summed E-state index contributed by atoms with van der Waals surface area (Å²) in [6.45, 7) is 7.01. The predicted molar refractivity (Wildman–Crippen MR) is 70.8 cm³/mol. The summed E-state index contributed by atoms with van der Waals surface area (Å²) in [7, 11) is 0. The van der Waals surface area contributed by atoms with Gasteiger partial charge in [-0.3, -0.25) is 0 Å². The number of halogens is 1. The van der Waals surface area contributed by atoms with Crippen LogP contribution in [0.15, 0.2) is 6.20 Å². The third-order valence-corrected chi connectivity index (χ3v) is 3.14. The van der Waals surface area contributed by atoms with Crippen LogP contribution in [-0.4, -0.2) is 27.7 Å². The number of nitriles is 1. The summed E-state index contributed by atoms with van der Waals surface area (Å²) in [5.41, 5.74) is 0.686. The zero-order valence-corrected chi connectivity index (χ0v) is 12.0. The lowest BCUT2D eigenvalue weighted by Crippen LogP contribution is -2.41. The van der Waals surface area contributed by atoms with Crippen molar-refractivity contribution in [3.63, 3.8) is 0 Å². The number of aromatic nitrogens is 1. The first-order valence-electron chi connectivity index (χ1n) is 6.07. The summed E-state index contributed by atoms with van der Waals surface area (Å²) >= 11 is 5.99. The fourth-order valence-corrected chi connectivity index (χ4v) is 2.29. The second-order valence-electron chi connectivity index (χ2n) is 5.51. The third kappa shape index (κ3) is 2.85. The molecule has 0 aromatic carbocycles. The van der Waals surface area contributed by atoms with Gasteiger partial charge in [-0.05, 0) is 20.8 Å². The van der Waals surface area contributed by atoms with E-state index in [-0.39, 0.29) is 6.09 Å². The fourth-order valence-electron chi connectivity index (χ4n) is 2.02. The van der Waals surface area contributed by atoms with Crippen molar-refractivity contribution in [1.29, 1.82) is 5.26 Å². The minimum atomic E-state index is -0.522. The Balaban J connectivity index is 2.18. The van der Waals surface area contributed by atoms with Gasteiger partial charge in [-0.25, -0.2) is 4.79 Å². The van der Waals surface area contributed by atoms with E-state index in [9.17, 15) is 4.79 Å². The number of hydrogen-bond donors (Lipinski definition) is 0. The van der Waals surface area contributed by atoms with E-state index in [0.29, 0.717) is 30.2 Å². The van der Waals surface area contributed by atoms with Gasteiger partial charge in [0.25, 0.3) is 0 Å². The highest BCUT2D eigenvalue weighted by molar-refractivity contribution is 6.31. The van der Waals surface area contributed by atoms with Crippen LogP contribution in [0.25, 0.3) is 0 Å². The van der Waals surface area contributed by atoms with E-state index in [2.05, 4.69) is 6.07 Å². The summed E-state index contributed by atoms with van der Waals surface area (Å²) in [6, 6.07) is 2.08. The molecule has 0 bridgehead atoms. The minimum Gasteiger partial charge on any atom is -0.444 e. The third-order valence-electron chi connectivity index (χ3n) is 2.86. The molecule has 0 saturated carbocycles. The summed E-state index contributed by atoms with van der Waals surface area (Å²) in [6.07, 6.45) is 1.38. The van der Waals surface area contributed by atoms with E-state index in [1.807, 2.05) is 25.3 Å². The molecular formula is C13H16ClN3O2. The average Bonchev–Trinajstić information content (AvgIpc) is 2.60. The van der Waals surface area contributed by atoms with Crippen LogP contribution >= 0.6 is 11.6 Å². The van der Waals surface area contributed by atoms with E-state index in [1.54, 1.807) is 11.1 Å². The Bertz CT molecular complexity index is 551. The van der Waals surface area contributed by atoms with E-state index in [1.165, 1.54) is 0 Å². The highest BCUT2D eigenvalue weighted by Crippen LogP contribution is 2.26. The standard InChI is InChI=1S/C13H16ClN3O2/c1-13(2,3)19-12(18)17-5-4-16-7-10(14)9(6-15)11(16)8-17/h7H,4-5,8H2,1-3H3. The van der Waals surface area contributed by atoms with Gasteiger partial charge in [0.05, 0.1) is 22.8 Å². The molecule has 1 amide bonds. The Morgan fingerprint density at radius 2 is 2.16 bits per heavy atom. The van der Waals surface area contributed by atoms with Crippen LogP contribution in [-0.2, 0) is 17.8 Å². The normalized spacial score (nSPS) is 14.8. The fraction of sp³-hybridized carbons (Fsp3) is 0.538. The number of rotatable bonds is 0. The maximum Gasteiger partial charge on any atom is 0.410 e. The Labute approximate surface area is 117 Å². The van der Waals surface area contributed by atoms with Crippen LogP contribution in [0.1, 0.15) is 32.0 Å². The van der Waals surface area contributed by atoms with Crippen molar-refractivity contribution in [1.82, 2.24) is 9.47 Å². The smallest absolute Gasteiger partial charge is 0.410 e. The molecule has 0 aliphatic carbocycles. The maximum absolute atomic E-state index is 12.0. The lowest BCUT2D eigenvalue weighted by atomic mass is 10.2. The summed E-state index contributed by atoms with van der Waals surface area (Å²) in [5.74, 6) is 0. The molecule has 0 unspecified atom stereocenters. The molecule has 0 saturated heterocycles. The number of carbonyl (C=O) groups excluding carboxylic acids is 1. The number of fused-ring (bicyclic) bond motifs is 1. The number of nitrogens with zero attached hydrogens (tertiary/aromatic N) is 3. The molecule has 1 aromatic rings. The molecule has 1 aromatic heterocycles. The van der Waals surface area contributed by atoms with Crippen molar-refractivity contribution >= 4 is 17.7 Å². The monoisotopic (exact) mass is 281 g/mol. The predicted octanol–water partition coefficient (Wildman–Crippen LogP) is 2.76. The molecule has 1 aliphatic rings. The number of hydrogen-bond acceptors (Lipinski definition) is 3. The van der Waals surface area contributed by atoms with Crippen LogP contribution in [0, 0.1) is 11.3 Å². The van der Waals surface area contributed by atoms with Crippen molar-refractivity contribution in [2.75, 3.05) is 6.54 Å². The van der Waals surface area contributed by atoms with Crippen LogP contribution in [0.3, 0.4) is 0 Å². The molecule has 6 heteroatoms. The number of carbonyl (C=O) groups is 1. The van der Waals surface area contributed by atoms with Crippen molar-refractivity contribution in [2.45, 2.75) is 39.5 Å². The first kappa shape index (κ1) is 13.8. The van der Waals surface area contributed by atoms with Gasteiger partial charge in [0.1, 0.15) is 11.7 Å². The van der Waals surface area contributed by atoms with Gasteiger partial charge in [0.2, 0.25) is 0 Å². The number of amides is 1. The quantitative estimate of drug-likeness (QED) is 0.735. The molecule has 0 atom stereocenters. The van der Waals surface area contributed by atoms with Crippen molar-refractivity contribution in [3.05, 3.63) is 22.5 Å². The minimum absolute atomic E-state index is 0.352. The lowest BCUT2D eigenvalue weighted by Gasteiger charge is -2.31. The maximum atomic E-state index is 12.0. The second kappa shape index (κ2) is 4.78. The highest BCUT2D eigenvalue weighted by Gasteiger charge is 2.28. The first-order chi connectivity index (χ1) is 8.81. The van der Waals surface area contributed by atoms with E-state index in [0.717, 1.165) is 5.69 Å². The summed E-state index contributed by atoms with van der Waals surface area (Å²) in [5, 5.41) is 9.53. The van der Waals surface area contributed by atoms with Gasteiger partial charge in [0, 0.05) is 19.3 Å².